The Labute approximate surface area is 122 Å². The Morgan fingerprint density at radius 1 is 1.15 bits per heavy atom. The maximum absolute atomic E-state index is 4.64. The zero-order valence-corrected chi connectivity index (χ0v) is 12.9. The van der Waals surface area contributed by atoms with E-state index in [1.165, 1.54) is 44.2 Å². The van der Waals surface area contributed by atoms with Crippen molar-refractivity contribution in [1.29, 1.82) is 0 Å². The number of pyridine rings is 1. The van der Waals surface area contributed by atoms with Crippen molar-refractivity contribution in [3.05, 3.63) is 18.3 Å². The van der Waals surface area contributed by atoms with Crippen LogP contribution in [0.25, 0.3) is 0 Å². The van der Waals surface area contributed by atoms with E-state index in [2.05, 4.69) is 41.2 Å². The molecule has 1 aromatic heterocycles. The number of nitrogens with zero attached hydrogens (tertiary/aromatic N) is 2. The number of nitrogens with one attached hydrogen (secondary N) is 1. The Balaban J connectivity index is 1.65. The molecular formula is C17H27N3. The fourth-order valence-corrected chi connectivity index (χ4v) is 3.57. The Kier molecular flexibility index (Phi) is 3.86. The van der Waals surface area contributed by atoms with Gasteiger partial charge in [0, 0.05) is 19.1 Å². The van der Waals surface area contributed by atoms with E-state index >= 15 is 0 Å². The summed E-state index contributed by atoms with van der Waals surface area (Å²) < 4.78 is 0. The number of rotatable bonds is 3. The monoisotopic (exact) mass is 273 g/mol. The molecule has 1 aromatic rings. The molecule has 1 aliphatic carbocycles. The number of hydrogen-bond donors (Lipinski definition) is 1. The second kappa shape index (κ2) is 5.63. The van der Waals surface area contributed by atoms with Crippen LogP contribution in [0.3, 0.4) is 0 Å². The molecule has 3 heteroatoms. The van der Waals surface area contributed by atoms with Crippen LogP contribution in [0.4, 0.5) is 11.5 Å². The van der Waals surface area contributed by atoms with E-state index in [0.29, 0.717) is 11.5 Å². The maximum Gasteiger partial charge on any atom is 0.128 e. The summed E-state index contributed by atoms with van der Waals surface area (Å²) in [6.45, 7) is 7.09. The topological polar surface area (TPSA) is 28.2 Å². The highest BCUT2D eigenvalue weighted by molar-refractivity contribution is 5.49. The molecule has 3 rings (SSSR count). The van der Waals surface area contributed by atoms with E-state index < -0.39 is 0 Å². The maximum atomic E-state index is 4.64. The molecule has 2 fully saturated rings. The van der Waals surface area contributed by atoms with Crippen molar-refractivity contribution in [2.24, 2.45) is 5.41 Å². The zero-order chi connectivity index (χ0) is 14.0. The van der Waals surface area contributed by atoms with E-state index in [0.717, 1.165) is 18.9 Å². The van der Waals surface area contributed by atoms with Crippen LogP contribution in [0.5, 0.6) is 0 Å². The van der Waals surface area contributed by atoms with E-state index in [1.807, 2.05) is 6.20 Å². The van der Waals surface area contributed by atoms with Gasteiger partial charge in [-0.2, -0.15) is 0 Å². The Morgan fingerprint density at radius 3 is 2.60 bits per heavy atom. The number of aromatic nitrogens is 1. The van der Waals surface area contributed by atoms with Gasteiger partial charge < -0.3 is 10.2 Å². The van der Waals surface area contributed by atoms with Gasteiger partial charge in [-0.15, -0.1) is 0 Å². The van der Waals surface area contributed by atoms with E-state index in [4.69, 9.17) is 0 Å². The Bertz CT molecular complexity index is 432. The van der Waals surface area contributed by atoms with E-state index in [1.54, 1.807) is 0 Å². The Morgan fingerprint density at radius 2 is 1.95 bits per heavy atom. The van der Waals surface area contributed by atoms with Gasteiger partial charge in [0.25, 0.3) is 0 Å². The van der Waals surface area contributed by atoms with Gasteiger partial charge in [-0.3, -0.25) is 0 Å². The van der Waals surface area contributed by atoms with Gasteiger partial charge in [0.05, 0.1) is 11.9 Å². The summed E-state index contributed by atoms with van der Waals surface area (Å²) in [6, 6.07) is 4.95. The minimum atomic E-state index is 0.395. The van der Waals surface area contributed by atoms with Crippen molar-refractivity contribution in [2.75, 3.05) is 23.3 Å². The van der Waals surface area contributed by atoms with Crippen molar-refractivity contribution in [3.8, 4) is 0 Å². The minimum absolute atomic E-state index is 0.395. The highest BCUT2D eigenvalue weighted by atomic mass is 15.2. The molecule has 1 saturated heterocycles. The molecule has 20 heavy (non-hydrogen) atoms. The summed E-state index contributed by atoms with van der Waals surface area (Å²) in [4.78, 5) is 7.02. The quantitative estimate of drug-likeness (QED) is 0.900. The lowest BCUT2D eigenvalue weighted by atomic mass is 9.73. The second-order valence-corrected chi connectivity index (χ2v) is 7.03. The molecule has 0 amide bonds. The first-order valence-electron chi connectivity index (χ1n) is 8.13. The van der Waals surface area contributed by atoms with Crippen molar-refractivity contribution in [3.63, 3.8) is 0 Å². The smallest absolute Gasteiger partial charge is 0.128 e. The molecule has 1 aliphatic heterocycles. The summed E-state index contributed by atoms with van der Waals surface area (Å²) in [5.74, 6) is 1.14. The molecule has 1 atom stereocenters. The van der Waals surface area contributed by atoms with Crippen LogP contribution >= 0.6 is 0 Å². The van der Waals surface area contributed by atoms with Crippen LogP contribution in [0.1, 0.15) is 52.4 Å². The summed E-state index contributed by atoms with van der Waals surface area (Å²) in [6.07, 6.45) is 9.94. The predicted molar refractivity (Wildman–Crippen MR) is 85.3 cm³/mol. The van der Waals surface area contributed by atoms with Crippen LogP contribution < -0.4 is 10.2 Å². The van der Waals surface area contributed by atoms with Crippen LogP contribution in [0.15, 0.2) is 18.3 Å². The minimum Gasteiger partial charge on any atom is -0.381 e. The van der Waals surface area contributed by atoms with Gasteiger partial charge in [-0.1, -0.05) is 26.7 Å². The lowest BCUT2D eigenvalue weighted by molar-refractivity contribution is 0.217. The molecule has 3 nitrogen and oxygen atoms in total. The summed E-state index contributed by atoms with van der Waals surface area (Å²) >= 11 is 0. The number of hydrogen-bond acceptors (Lipinski definition) is 3. The van der Waals surface area contributed by atoms with Crippen molar-refractivity contribution in [1.82, 2.24) is 4.98 Å². The van der Waals surface area contributed by atoms with Gasteiger partial charge in [0.15, 0.2) is 0 Å². The van der Waals surface area contributed by atoms with Gasteiger partial charge in [0.2, 0.25) is 0 Å². The molecule has 1 N–H and O–H groups in total. The van der Waals surface area contributed by atoms with Crippen molar-refractivity contribution >= 4 is 11.5 Å². The summed E-state index contributed by atoms with van der Waals surface area (Å²) in [5.41, 5.74) is 1.57. The third kappa shape index (κ3) is 2.92. The van der Waals surface area contributed by atoms with Crippen LogP contribution in [0, 0.1) is 5.41 Å². The second-order valence-electron chi connectivity index (χ2n) is 7.03. The van der Waals surface area contributed by atoms with Gasteiger partial charge in [0.1, 0.15) is 5.82 Å². The first kappa shape index (κ1) is 13.7. The molecule has 0 spiro atoms. The SMILES string of the molecule is CC1(C)CCCCC1Nc1ccc(N2CCCC2)nc1. The largest absolute Gasteiger partial charge is 0.381 e. The predicted octanol–water partition coefficient (Wildman–Crippen LogP) is 4.06. The molecular weight excluding hydrogens is 246 g/mol. The van der Waals surface area contributed by atoms with Crippen LogP contribution in [-0.2, 0) is 0 Å². The molecule has 0 aromatic carbocycles. The van der Waals surface area contributed by atoms with Gasteiger partial charge >= 0.3 is 0 Å². The van der Waals surface area contributed by atoms with Crippen molar-refractivity contribution < 1.29 is 0 Å². The normalized spacial score (nSPS) is 25.7. The lowest BCUT2D eigenvalue weighted by Gasteiger charge is -2.39. The number of anilines is 2. The molecule has 2 aliphatic rings. The molecule has 0 bridgehead atoms. The fraction of sp³-hybridized carbons (Fsp3) is 0.706. The first-order valence-corrected chi connectivity index (χ1v) is 8.13. The fourth-order valence-electron chi connectivity index (χ4n) is 3.57. The van der Waals surface area contributed by atoms with Crippen LogP contribution in [-0.4, -0.2) is 24.1 Å². The molecule has 0 radical (unpaired) electrons. The summed E-state index contributed by atoms with van der Waals surface area (Å²) in [7, 11) is 0. The Hall–Kier alpha value is -1.25. The van der Waals surface area contributed by atoms with Gasteiger partial charge in [-0.05, 0) is 43.2 Å². The van der Waals surface area contributed by atoms with Crippen molar-refractivity contribution in [2.45, 2.75) is 58.4 Å². The highest BCUT2D eigenvalue weighted by Gasteiger charge is 2.32. The molecule has 1 saturated carbocycles. The van der Waals surface area contributed by atoms with Crippen LogP contribution in [0.2, 0.25) is 0 Å². The standard InChI is InChI=1S/C17H27N3/c1-17(2)10-4-3-7-15(17)19-14-8-9-16(18-13-14)20-11-5-6-12-20/h8-9,13,15,19H,3-7,10-12H2,1-2H3. The van der Waals surface area contributed by atoms with E-state index in [-0.39, 0.29) is 0 Å². The average molecular weight is 273 g/mol. The first-order chi connectivity index (χ1) is 9.65. The highest BCUT2D eigenvalue weighted by Crippen LogP contribution is 2.37. The summed E-state index contributed by atoms with van der Waals surface area (Å²) in [5, 5.41) is 3.71. The van der Waals surface area contributed by atoms with E-state index in [9.17, 15) is 0 Å². The molecule has 1 unspecified atom stereocenters. The molecule has 110 valence electrons. The third-order valence-corrected chi connectivity index (χ3v) is 5.03. The van der Waals surface area contributed by atoms with Gasteiger partial charge in [-0.25, -0.2) is 4.98 Å². The zero-order valence-electron chi connectivity index (χ0n) is 12.9. The lowest BCUT2D eigenvalue weighted by Crippen LogP contribution is -2.38. The molecule has 2 heterocycles. The average Bonchev–Trinajstić information content (AvgIpc) is 2.96. The third-order valence-electron chi connectivity index (χ3n) is 5.03.